The zero-order chi connectivity index (χ0) is 12.8. The third-order valence-electron chi connectivity index (χ3n) is 1.98. The van der Waals surface area contributed by atoms with Gasteiger partial charge in [-0.05, 0) is 25.1 Å². The molecule has 1 aromatic carbocycles. The summed E-state index contributed by atoms with van der Waals surface area (Å²) in [6, 6.07) is 4.02. The third kappa shape index (κ3) is 3.58. The normalized spacial score (nSPS) is 10.2. The fourth-order valence-corrected chi connectivity index (χ4v) is 1.26. The van der Waals surface area contributed by atoms with Gasteiger partial charge in [-0.3, -0.25) is 4.79 Å². The molecule has 0 saturated carbocycles. The lowest BCUT2D eigenvalue weighted by molar-refractivity contribution is -0.0512. The minimum absolute atomic E-state index is 0.0917. The first kappa shape index (κ1) is 13.2. The van der Waals surface area contributed by atoms with E-state index in [0.29, 0.717) is 12.1 Å². The highest BCUT2D eigenvalue weighted by Crippen LogP contribution is 2.29. The standard InChI is InChI=1S/C11H13F2NO3/c1-3-14-10(15)7-4-5-8(17-11(12)13)9(6-7)16-2/h4-6,11H,3H2,1-2H3,(H,14,15). The van der Waals surface area contributed by atoms with Crippen LogP contribution in [-0.2, 0) is 0 Å². The number of benzene rings is 1. The topological polar surface area (TPSA) is 47.6 Å². The Morgan fingerprint density at radius 2 is 2.12 bits per heavy atom. The second kappa shape index (κ2) is 6.03. The Labute approximate surface area is 97.5 Å². The molecular weight excluding hydrogens is 232 g/mol. The van der Waals surface area contributed by atoms with E-state index in [-0.39, 0.29) is 17.4 Å². The van der Waals surface area contributed by atoms with Gasteiger partial charge in [-0.2, -0.15) is 8.78 Å². The Hall–Kier alpha value is -1.85. The van der Waals surface area contributed by atoms with Crippen molar-refractivity contribution in [1.82, 2.24) is 5.32 Å². The van der Waals surface area contributed by atoms with Crippen LogP contribution >= 0.6 is 0 Å². The predicted molar refractivity (Wildman–Crippen MR) is 57.6 cm³/mol. The summed E-state index contributed by atoms with van der Waals surface area (Å²) in [5.41, 5.74) is 0.324. The number of carbonyl (C=O) groups is 1. The van der Waals surface area contributed by atoms with E-state index in [4.69, 9.17) is 4.74 Å². The molecule has 0 heterocycles. The maximum absolute atomic E-state index is 12.1. The van der Waals surface area contributed by atoms with Crippen LogP contribution in [0.5, 0.6) is 11.5 Å². The van der Waals surface area contributed by atoms with Crippen LogP contribution in [0.4, 0.5) is 8.78 Å². The average Bonchev–Trinajstić information content (AvgIpc) is 2.29. The molecule has 0 aliphatic heterocycles. The monoisotopic (exact) mass is 245 g/mol. The second-order valence-electron chi connectivity index (χ2n) is 3.10. The number of carbonyl (C=O) groups excluding carboxylic acids is 1. The van der Waals surface area contributed by atoms with Gasteiger partial charge in [-0.25, -0.2) is 0 Å². The van der Waals surface area contributed by atoms with Crippen LogP contribution in [0, 0.1) is 0 Å². The van der Waals surface area contributed by atoms with Crippen molar-refractivity contribution in [3.05, 3.63) is 23.8 Å². The lowest BCUT2D eigenvalue weighted by Gasteiger charge is -2.11. The van der Waals surface area contributed by atoms with E-state index in [1.807, 2.05) is 0 Å². The van der Waals surface area contributed by atoms with Crippen molar-refractivity contribution < 1.29 is 23.0 Å². The number of hydrogen-bond donors (Lipinski definition) is 1. The summed E-state index contributed by atoms with van der Waals surface area (Å²) in [6.07, 6.45) is 0. The van der Waals surface area contributed by atoms with Crippen molar-refractivity contribution in [2.45, 2.75) is 13.5 Å². The van der Waals surface area contributed by atoms with E-state index in [2.05, 4.69) is 10.1 Å². The van der Waals surface area contributed by atoms with Crippen molar-refractivity contribution in [2.75, 3.05) is 13.7 Å². The van der Waals surface area contributed by atoms with Gasteiger partial charge in [0, 0.05) is 12.1 Å². The van der Waals surface area contributed by atoms with Gasteiger partial charge in [0.1, 0.15) is 0 Å². The molecule has 0 aliphatic carbocycles. The van der Waals surface area contributed by atoms with E-state index in [0.717, 1.165) is 0 Å². The van der Waals surface area contributed by atoms with Gasteiger partial charge in [0.05, 0.1) is 7.11 Å². The Kier molecular flexibility index (Phi) is 4.68. The first-order chi connectivity index (χ1) is 8.08. The van der Waals surface area contributed by atoms with Crippen molar-refractivity contribution in [3.8, 4) is 11.5 Å². The molecule has 1 aromatic rings. The summed E-state index contributed by atoms with van der Waals surface area (Å²) in [7, 11) is 1.31. The summed E-state index contributed by atoms with van der Waals surface area (Å²) in [5.74, 6) is -0.306. The van der Waals surface area contributed by atoms with Gasteiger partial charge < -0.3 is 14.8 Å². The maximum atomic E-state index is 12.1. The Balaban J connectivity index is 2.95. The van der Waals surface area contributed by atoms with Crippen molar-refractivity contribution in [3.63, 3.8) is 0 Å². The van der Waals surface area contributed by atoms with Crippen LogP contribution in [-0.4, -0.2) is 26.2 Å². The molecular formula is C11H13F2NO3. The van der Waals surface area contributed by atoms with Crippen LogP contribution in [0.15, 0.2) is 18.2 Å². The fraction of sp³-hybridized carbons (Fsp3) is 0.364. The first-order valence-corrected chi connectivity index (χ1v) is 4.99. The fourth-order valence-electron chi connectivity index (χ4n) is 1.26. The van der Waals surface area contributed by atoms with Crippen LogP contribution in [0.25, 0.3) is 0 Å². The molecule has 1 amide bonds. The number of ether oxygens (including phenoxy) is 2. The molecule has 1 N–H and O–H groups in total. The van der Waals surface area contributed by atoms with Gasteiger partial charge in [0.2, 0.25) is 0 Å². The number of methoxy groups -OCH3 is 1. The zero-order valence-corrected chi connectivity index (χ0v) is 9.50. The molecule has 0 bridgehead atoms. The van der Waals surface area contributed by atoms with Gasteiger partial charge in [-0.15, -0.1) is 0 Å². The molecule has 4 nitrogen and oxygen atoms in total. The minimum Gasteiger partial charge on any atom is -0.493 e. The van der Waals surface area contributed by atoms with E-state index in [9.17, 15) is 13.6 Å². The molecule has 0 aliphatic rings. The molecule has 0 atom stereocenters. The minimum atomic E-state index is -2.93. The molecule has 6 heteroatoms. The van der Waals surface area contributed by atoms with E-state index in [1.165, 1.54) is 25.3 Å². The highest BCUT2D eigenvalue weighted by Gasteiger charge is 2.13. The summed E-state index contributed by atoms with van der Waals surface area (Å²) in [4.78, 5) is 11.5. The molecule has 0 spiro atoms. The lowest BCUT2D eigenvalue weighted by atomic mass is 10.2. The molecule has 0 aromatic heterocycles. The molecule has 0 radical (unpaired) electrons. The average molecular weight is 245 g/mol. The first-order valence-electron chi connectivity index (χ1n) is 4.99. The van der Waals surface area contributed by atoms with Crippen molar-refractivity contribution in [1.29, 1.82) is 0 Å². The SMILES string of the molecule is CCNC(=O)c1ccc(OC(F)F)c(OC)c1. The van der Waals surface area contributed by atoms with Crippen molar-refractivity contribution in [2.24, 2.45) is 0 Å². The van der Waals surface area contributed by atoms with Crippen molar-refractivity contribution >= 4 is 5.91 Å². The summed E-state index contributed by atoms with van der Waals surface area (Å²) in [5, 5.41) is 2.59. The quantitative estimate of drug-likeness (QED) is 0.863. The smallest absolute Gasteiger partial charge is 0.387 e. The third-order valence-corrected chi connectivity index (χ3v) is 1.98. The maximum Gasteiger partial charge on any atom is 0.387 e. The number of alkyl halides is 2. The zero-order valence-electron chi connectivity index (χ0n) is 9.50. The summed E-state index contributed by atoms with van der Waals surface area (Å²) >= 11 is 0. The Morgan fingerprint density at radius 1 is 1.41 bits per heavy atom. The van der Waals surface area contributed by atoms with E-state index in [1.54, 1.807) is 6.92 Å². The Morgan fingerprint density at radius 3 is 2.65 bits per heavy atom. The lowest BCUT2D eigenvalue weighted by Crippen LogP contribution is -2.22. The number of halogens is 2. The number of hydrogen-bond acceptors (Lipinski definition) is 3. The predicted octanol–water partition coefficient (Wildman–Crippen LogP) is 2.05. The van der Waals surface area contributed by atoms with E-state index < -0.39 is 6.61 Å². The molecule has 0 unspecified atom stereocenters. The molecule has 94 valence electrons. The van der Waals surface area contributed by atoms with Gasteiger partial charge in [0.25, 0.3) is 5.91 Å². The molecule has 0 saturated heterocycles. The molecule has 0 fully saturated rings. The molecule has 1 rings (SSSR count). The number of rotatable bonds is 5. The molecule has 17 heavy (non-hydrogen) atoms. The van der Waals surface area contributed by atoms with Gasteiger partial charge in [-0.1, -0.05) is 0 Å². The summed E-state index contributed by atoms with van der Waals surface area (Å²) < 4.78 is 33.2. The number of amides is 1. The number of nitrogens with one attached hydrogen (secondary N) is 1. The van der Waals surface area contributed by atoms with Crippen LogP contribution in [0.3, 0.4) is 0 Å². The highest BCUT2D eigenvalue weighted by atomic mass is 19.3. The van der Waals surface area contributed by atoms with E-state index >= 15 is 0 Å². The summed E-state index contributed by atoms with van der Waals surface area (Å²) in [6.45, 7) is -0.668. The largest absolute Gasteiger partial charge is 0.493 e. The van der Waals surface area contributed by atoms with Gasteiger partial charge in [0.15, 0.2) is 11.5 Å². The highest BCUT2D eigenvalue weighted by molar-refractivity contribution is 5.94. The van der Waals surface area contributed by atoms with Gasteiger partial charge >= 0.3 is 6.61 Å². The Bertz CT molecular complexity index is 396. The van der Waals surface area contributed by atoms with Crippen LogP contribution in [0.2, 0.25) is 0 Å². The second-order valence-corrected chi connectivity index (χ2v) is 3.10. The van der Waals surface area contributed by atoms with Crippen LogP contribution < -0.4 is 14.8 Å². The van der Waals surface area contributed by atoms with Crippen LogP contribution in [0.1, 0.15) is 17.3 Å².